The molecule has 9 heteroatoms. The monoisotopic (exact) mass is 395 g/mol. The van der Waals surface area contributed by atoms with E-state index in [0.717, 1.165) is 25.8 Å². The third-order valence-electron chi connectivity index (χ3n) is 5.50. The maximum absolute atomic E-state index is 12.9. The summed E-state index contributed by atoms with van der Waals surface area (Å²) in [5.74, 6) is -0.280. The average molecular weight is 395 g/mol. The van der Waals surface area contributed by atoms with Gasteiger partial charge < -0.3 is 4.90 Å². The first-order valence-corrected chi connectivity index (χ1v) is 10.8. The Morgan fingerprint density at radius 3 is 2.44 bits per heavy atom. The number of likely N-dealkylation sites (tertiary alicyclic amines) is 1. The number of hydrogen-bond acceptors (Lipinski definition) is 5. The Kier molecular flexibility index (Phi) is 5.81. The van der Waals surface area contributed by atoms with Crippen LogP contribution in [0.5, 0.6) is 0 Å². The molecule has 1 amide bonds. The summed E-state index contributed by atoms with van der Waals surface area (Å²) in [7, 11) is -3.78. The van der Waals surface area contributed by atoms with Crippen LogP contribution in [-0.2, 0) is 14.8 Å². The minimum absolute atomic E-state index is 0.0209. The molecule has 1 aromatic rings. The summed E-state index contributed by atoms with van der Waals surface area (Å²) in [6.45, 7) is 3.32. The van der Waals surface area contributed by atoms with Gasteiger partial charge in [0, 0.05) is 37.8 Å². The molecule has 3 rings (SSSR count). The summed E-state index contributed by atoms with van der Waals surface area (Å²) in [6, 6.07) is 5.09. The minimum atomic E-state index is -3.78. The van der Waals surface area contributed by atoms with Crippen molar-refractivity contribution in [3.63, 3.8) is 0 Å². The van der Waals surface area contributed by atoms with E-state index in [4.69, 9.17) is 0 Å². The lowest BCUT2D eigenvalue weighted by Crippen LogP contribution is -2.50. The van der Waals surface area contributed by atoms with Gasteiger partial charge in [-0.1, -0.05) is 0 Å². The van der Waals surface area contributed by atoms with E-state index in [-0.39, 0.29) is 35.0 Å². The molecule has 2 fully saturated rings. The van der Waals surface area contributed by atoms with E-state index < -0.39 is 14.9 Å². The van der Waals surface area contributed by atoms with Crippen LogP contribution >= 0.6 is 0 Å². The number of carbonyl (C=O) groups is 1. The van der Waals surface area contributed by atoms with E-state index in [0.29, 0.717) is 19.4 Å². The second-order valence-corrected chi connectivity index (χ2v) is 9.27. The zero-order valence-corrected chi connectivity index (χ0v) is 16.2. The van der Waals surface area contributed by atoms with Gasteiger partial charge in [0.15, 0.2) is 0 Å². The summed E-state index contributed by atoms with van der Waals surface area (Å²) < 4.78 is 27.2. The molecule has 0 aliphatic carbocycles. The maximum atomic E-state index is 12.9. The van der Waals surface area contributed by atoms with Crippen molar-refractivity contribution in [2.45, 2.75) is 50.0 Å². The van der Waals surface area contributed by atoms with Crippen LogP contribution < -0.4 is 0 Å². The van der Waals surface area contributed by atoms with E-state index in [2.05, 4.69) is 0 Å². The van der Waals surface area contributed by atoms with Crippen LogP contribution in [-0.4, -0.2) is 54.1 Å². The lowest BCUT2D eigenvalue weighted by atomic mass is 9.95. The number of sulfonamides is 1. The fraction of sp³-hybridized carbons (Fsp3) is 0.611. The van der Waals surface area contributed by atoms with Crippen LogP contribution in [0.2, 0.25) is 0 Å². The molecule has 0 aromatic heterocycles. The summed E-state index contributed by atoms with van der Waals surface area (Å²) in [4.78, 5) is 25.0. The SMILES string of the molecule is C[C@H]1CCCCN1C(=O)[C@H]1CCCN(S(=O)(=O)c2ccc([N+](=O)[O-])cc2)C1. The molecule has 2 saturated heterocycles. The van der Waals surface area contributed by atoms with Crippen molar-refractivity contribution in [1.29, 1.82) is 0 Å². The summed E-state index contributed by atoms with van der Waals surface area (Å²) in [6.07, 6.45) is 4.42. The first kappa shape index (κ1) is 19.8. The molecule has 0 unspecified atom stereocenters. The Bertz CT molecular complexity index is 809. The normalized spacial score (nSPS) is 24.6. The highest BCUT2D eigenvalue weighted by atomic mass is 32.2. The quantitative estimate of drug-likeness (QED) is 0.575. The van der Waals surface area contributed by atoms with Gasteiger partial charge in [-0.2, -0.15) is 4.31 Å². The molecule has 1 aromatic carbocycles. The maximum Gasteiger partial charge on any atom is 0.269 e. The highest BCUT2D eigenvalue weighted by Crippen LogP contribution is 2.28. The predicted molar refractivity (Wildman–Crippen MR) is 99.6 cm³/mol. The van der Waals surface area contributed by atoms with Gasteiger partial charge in [0.05, 0.1) is 15.7 Å². The van der Waals surface area contributed by atoms with E-state index in [1.54, 1.807) is 0 Å². The molecule has 148 valence electrons. The van der Waals surface area contributed by atoms with Crippen LogP contribution in [0.15, 0.2) is 29.2 Å². The highest BCUT2D eigenvalue weighted by molar-refractivity contribution is 7.89. The van der Waals surface area contributed by atoms with Crippen molar-refractivity contribution >= 4 is 21.6 Å². The van der Waals surface area contributed by atoms with E-state index in [1.165, 1.54) is 28.6 Å². The van der Waals surface area contributed by atoms with Crippen LogP contribution in [0.3, 0.4) is 0 Å². The lowest BCUT2D eigenvalue weighted by Gasteiger charge is -2.38. The predicted octanol–water partition coefficient (Wildman–Crippen LogP) is 2.40. The molecule has 0 radical (unpaired) electrons. The second kappa shape index (κ2) is 7.93. The molecule has 2 aliphatic heterocycles. The first-order chi connectivity index (χ1) is 12.8. The number of benzene rings is 1. The van der Waals surface area contributed by atoms with Crippen molar-refractivity contribution in [2.75, 3.05) is 19.6 Å². The number of nitro groups is 1. The molecular weight excluding hydrogens is 370 g/mol. The Balaban J connectivity index is 1.74. The summed E-state index contributed by atoms with van der Waals surface area (Å²) >= 11 is 0. The van der Waals surface area contributed by atoms with Gasteiger partial charge in [-0.3, -0.25) is 14.9 Å². The average Bonchev–Trinajstić information content (AvgIpc) is 2.68. The molecule has 2 aliphatic rings. The molecule has 0 bridgehead atoms. The number of nitrogens with zero attached hydrogens (tertiary/aromatic N) is 3. The third kappa shape index (κ3) is 4.14. The number of piperidine rings is 2. The number of non-ortho nitro benzene ring substituents is 1. The van der Waals surface area contributed by atoms with Gasteiger partial charge in [0.25, 0.3) is 5.69 Å². The van der Waals surface area contributed by atoms with Crippen LogP contribution in [0, 0.1) is 16.0 Å². The largest absolute Gasteiger partial charge is 0.340 e. The summed E-state index contributed by atoms with van der Waals surface area (Å²) in [5.41, 5.74) is -0.153. The first-order valence-electron chi connectivity index (χ1n) is 9.36. The fourth-order valence-electron chi connectivity index (χ4n) is 3.91. The summed E-state index contributed by atoms with van der Waals surface area (Å²) in [5, 5.41) is 10.8. The Labute approximate surface area is 159 Å². The molecule has 0 saturated carbocycles. The molecule has 8 nitrogen and oxygen atoms in total. The van der Waals surface area contributed by atoms with Crippen molar-refractivity contribution in [2.24, 2.45) is 5.92 Å². The molecule has 27 heavy (non-hydrogen) atoms. The van der Waals surface area contributed by atoms with Gasteiger partial charge in [0.2, 0.25) is 15.9 Å². The highest BCUT2D eigenvalue weighted by Gasteiger charge is 2.36. The Morgan fingerprint density at radius 1 is 1.11 bits per heavy atom. The Hall–Kier alpha value is -2.00. The zero-order chi connectivity index (χ0) is 19.6. The van der Waals surface area contributed by atoms with Gasteiger partial charge >= 0.3 is 0 Å². The van der Waals surface area contributed by atoms with Gasteiger partial charge in [0.1, 0.15) is 0 Å². The second-order valence-electron chi connectivity index (χ2n) is 7.33. The van der Waals surface area contributed by atoms with Gasteiger partial charge in [-0.25, -0.2) is 8.42 Å². The van der Waals surface area contributed by atoms with E-state index >= 15 is 0 Å². The Morgan fingerprint density at radius 2 is 1.81 bits per heavy atom. The molecule has 2 atom stereocenters. The fourth-order valence-corrected chi connectivity index (χ4v) is 5.44. The van der Waals surface area contributed by atoms with Crippen LogP contribution in [0.4, 0.5) is 5.69 Å². The smallest absolute Gasteiger partial charge is 0.269 e. The van der Waals surface area contributed by atoms with Crippen LogP contribution in [0.25, 0.3) is 0 Å². The van der Waals surface area contributed by atoms with Crippen molar-refractivity contribution < 1.29 is 18.1 Å². The number of nitro benzene ring substituents is 1. The van der Waals surface area contributed by atoms with Gasteiger partial charge in [-0.05, 0) is 51.2 Å². The van der Waals surface area contributed by atoms with E-state index in [1.807, 2.05) is 11.8 Å². The standard InChI is InChI=1S/C18H25N3O5S/c1-14-5-2-3-12-20(14)18(22)15-6-4-11-19(13-15)27(25,26)17-9-7-16(8-10-17)21(23)24/h7-10,14-15H,2-6,11-13H2,1H3/t14-,15-/m0/s1. The number of rotatable bonds is 4. The molecule has 2 heterocycles. The van der Waals surface area contributed by atoms with Crippen molar-refractivity contribution in [3.05, 3.63) is 34.4 Å². The number of carbonyl (C=O) groups excluding carboxylic acids is 1. The van der Waals surface area contributed by atoms with Crippen molar-refractivity contribution in [3.8, 4) is 0 Å². The topological polar surface area (TPSA) is 101 Å². The molecular formula is C18H25N3O5S. The molecule has 0 spiro atoms. The third-order valence-corrected chi connectivity index (χ3v) is 7.38. The lowest BCUT2D eigenvalue weighted by molar-refractivity contribution is -0.384. The van der Waals surface area contributed by atoms with Gasteiger partial charge in [-0.15, -0.1) is 0 Å². The van der Waals surface area contributed by atoms with Crippen molar-refractivity contribution in [1.82, 2.24) is 9.21 Å². The van der Waals surface area contributed by atoms with Crippen LogP contribution in [0.1, 0.15) is 39.0 Å². The number of hydrogen-bond donors (Lipinski definition) is 0. The molecule has 0 N–H and O–H groups in total. The zero-order valence-electron chi connectivity index (χ0n) is 15.4. The number of amides is 1. The van der Waals surface area contributed by atoms with E-state index in [9.17, 15) is 23.3 Å². The minimum Gasteiger partial charge on any atom is -0.340 e.